The fraction of sp³-hybridized carbons (Fsp3) is 0.462. The smallest absolute Gasteiger partial charge is 0.213 e. The first kappa shape index (κ1) is 15.0. The molecule has 1 aliphatic heterocycles. The Labute approximate surface area is 132 Å². The van der Waals surface area contributed by atoms with Gasteiger partial charge in [0.1, 0.15) is 0 Å². The number of aromatic nitrogens is 1. The second-order valence-corrected chi connectivity index (χ2v) is 8.69. The zero-order chi connectivity index (χ0) is 14.9. The molecule has 1 fully saturated rings. The van der Waals surface area contributed by atoms with Crippen molar-refractivity contribution >= 4 is 37.8 Å². The highest BCUT2D eigenvalue weighted by Gasteiger charge is 2.26. The van der Waals surface area contributed by atoms with Gasteiger partial charge in [0.25, 0.3) is 0 Å². The molecule has 0 radical (unpaired) electrons. The van der Waals surface area contributed by atoms with Crippen LogP contribution in [0.25, 0.3) is 11.3 Å². The van der Waals surface area contributed by atoms with Crippen LogP contribution in [0.5, 0.6) is 0 Å². The largest absolute Gasteiger partial charge is 0.345 e. The molecule has 3 heterocycles. The van der Waals surface area contributed by atoms with Crippen LogP contribution in [0.3, 0.4) is 0 Å². The molecule has 8 heteroatoms. The van der Waals surface area contributed by atoms with Crippen LogP contribution in [0, 0.1) is 0 Å². The number of piperazine rings is 1. The number of hydrogen-bond acceptors (Lipinski definition) is 6. The van der Waals surface area contributed by atoms with Gasteiger partial charge in [0, 0.05) is 42.5 Å². The molecular formula is C13H17N3O2S3. The molecule has 0 aromatic carbocycles. The van der Waals surface area contributed by atoms with Crippen molar-refractivity contribution < 1.29 is 8.42 Å². The van der Waals surface area contributed by atoms with Crippen molar-refractivity contribution in [1.82, 2.24) is 9.29 Å². The molecule has 0 bridgehead atoms. The van der Waals surface area contributed by atoms with Crippen molar-refractivity contribution in [2.24, 2.45) is 0 Å². The maximum Gasteiger partial charge on any atom is 0.213 e. The first-order chi connectivity index (χ1) is 10.1. The lowest BCUT2D eigenvalue weighted by Crippen LogP contribution is -2.49. The van der Waals surface area contributed by atoms with Gasteiger partial charge < -0.3 is 4.90 Å². The summed E-state index contributed by atoms with van der Waals surface area (Å²) in [6.07, 6.45) is 0. The van der Waals surface area contributed by atoms with Crippen LogP contribution >= 0.6 is 22.7 Å². The Morgan fingerprint density at radius 2 is 2.00 bits per heavy atom. The van der Waals surface area contributed by atoms with Gasteiger partial charge in [-0.1, -0.05) is 0 Å². The predicted molar refractivity (Wildman–Crippen MR) is 88.7 cm³/mol. The van der Waals surface area contributed by atoms with E-state index in [0.29, 0.717) is 26.2 Å². The summed E-state index contributed by atoms with van der Waals surface area (Å²) in [6.45, 7) is 4.19. The SMILES string of the molecule is CCS(=O)(=O)N1CCN(c2nc(-c3ccsc3)cs2)CC1. The molecule has 2 aromatic heterocycles. The number of hydrogen-bond donors (Lipinski definition) is 0. The second-order valence-electron chi connectivity index (χ2n) is 4.81. The number of nitrogens with zero attached hydrogens (tertiary/aromatic N) is 3. The highest BCUT2D eigenvalue weighted by Crippen LogP contribution is 2.29. The second kappa shape index (κ2) is 6.04. The maximum atomic E-state index is 11.9. The van der Waals surface area contributed by atoms with E-state index < -0.39 is 10.0 Å². The van der Waals surface area contributed by atoms with Gasteiger partial charge in [0.15, 0.2) is 5.13 Å². The molecule has 0 saturated carbocycles. The average molecular weight is 343 g/mol. The van der Waals surface area contributed by atoms with E-state index in [4.69, 9.17) is 0 Å². The van der Waals surface area contributed by atoms with Gasteiger partial charge in [0.05, 0.1) is 11.4 Å². The Balaban J connectivity index is 1.68. The molecule has 0 aliphatic carbocycles. The van der Waals surface area contributed by atoms with Crippen LogP contribution in [0.2, 0.25) is 0 Å². The molecule has 0 spiro atoms. The lowest BCUT2D eigenvalue weighted by molar-refractivity contribution is 0.385. The molecule has 3 rings (SSSR count). The molecule has 114 valence electrons. The Bertz CT molecular complexity index is 686. The summed E-state index contributed by atoms with van der Waals surface area (Å²) in [5, 5.41) is 7.17. The molecule has 1 saturated heterocycles. The summed E-state index contributed by atoms with van der Waals surface area (Å²) >= 11 is 3.28. The van der Waals surface area contributed by atoms with Crippen LogP contribution in [-0.2, 0) is 10.0 Å². The van der Waals surface area contributed by atoms with E-state index in [9.17, 15) is 8.42 Å². The normalized spacial score (nSPS) is 17.3. The van der Waals surface area contributed by atoms with Crippen molar-refractivity contribution in [3.05, 3.63) is 22.2 Å². The monoisotopic (exact) mass is 343 g/mol. The van der Waals surface area contributed by atoms with Gasteiger partial charge in [-0.25, -0.2) is 13.4 Å². The van der Waals surface area contributed by atoms with Gasteiger partial charge in [-0.2, -0.15) is 15.6 Å². The molecular weight excluding hydrogens is 326 g/mol. The van der Waals surface area contributed by atoms with Crippen LogP contribution in [-0.4, -0.2) is 49.6 Å². The molecule has 0 atom stereocenters. The Morgan fingerprint density at radius 1 is 1.24 bits per heavy atom. The molecule has 2 aromatic rings. The van der Waals surface area contributed by atoms with Gasteiger partial charge >= 0.3 is 0 Å². The number of sulfonamides is 1. The number of rotatable bonds is 4. The van der Waals surface area contributed by atoms with Gasteiger partial charge in [-0.15, -0.1) is 11.3 Å². The Kier molecular flexibility index (Phi) is 4.30. The van der Waals surface area contributed by atoms with E-state index in [2.05, 4.69) is 26.7 Å². The minimum atomic E-state index is -3.07. The van der Waals surface area contributed by atoms with Crippen molar-refractivity contribution in [2.75, 3.05) is 36.8 Å². The third-order valence-corrected chi connectivity index (χ3v) is 7.04. The lowest BCUT2D eigenvalue weighted by Gasteiger charge is -2.33. The topological polar surface area (TPSA) is 53.5 Å². The quantitative estimate of drug-likeness (QED) is 0.855. The summed E-state index contributed by atoms with van der Waals surface area (Å²) in [5.74, 6) is 0.173. The van der Waals surface area contributed by atoms with E-state index >= 15 is 0 Å². The van der Waals surface area contributed by atoms with Crippen LogP contribution in [0.4, 0.5) is 5.13 Å². The third-order valence-electron chi connectivity index (χ3n) is 3.58. The molecule has 1 aliphatic rings. The Hall–Kier alpha value is -0.960. The lowest BCUT2D eigenvalue weighted by atomic mass is 10.3. The summed E-state index contributed by atoms with van der Waals surface area (Å²) in [7, 11) is -3.07. The van der Waals surface area contributed by atoms with E-state index in [1.807, 2.05) is 5.38 Å². The molecule has 0 N–H and O–H groups in total. The molecule has 0 amide bonds. The highest BCUT2D eigenvalue weighted by atomic mass is 32.2. The first-order valence-corrected chi connectivity index (χ1v) is 10.2. The van der Waals surface area contributed by atoms with Crippen molar-refractivity contribution in [3.63, 3.8) is 0 Å². The van der Waals surface area contributed by atoms with Crippen LogP contribution in [0.1, 0.15) is 6.92 Å². The van der Waals surface area contributed by atoms with Gasteiger partial charge in [-0.3, -0.25) is 0 Å². The minimum absolute atomic E-state index is 0.173. The minimum Gasteiger partial charge on any atom is -0.345 e. The number of thiazole rings is 1. The standard InChI is InChI=1S/C13H17N3O2S3/c1-2-21(17,18)16-6-4-15(5-7-16)13-14-12(10-20-13)11-3-8-19-9-11/h3,8-10H,2,4-7H2,1H3. The fourth-order valence-corrected chi connectivity index (χ4v) is 4.92. The van der Waals surface area contributed by atoms with Crippen LogP contribution < -0.4 is 4.90 Å². The van der Waals surface area contributed by atoms with Gasteiger partial charge in [-0.05, 0) is 18.4 Å². The average Bonchev–Trinajstić information content (AvgIpc) is 3.18. The van der Waals surface area contributed by atoms with E-state index in [1.54, 1.807) is 33.9 Å². The number of anilines is 1. The molecule has 5 nitrogen and oxygen atoms in total. The molecule has 21 heavy (non-hydrogen) atoms. The fourth-order valence-electron chi connectivity index (χ4n) is 2.29. The van der Waals surface area contributed by atoms with Gasteiger partial charge in [0.2, 0.25) is 10.0 Å². The van der Waals surface area contributed by atoms with Crippen molar-refractivity contribution in [2.45, 2.75) is 6.92 Å². The summed E-state index contributed by atoms with van der Waals surface area (Å²) < 4.78 is 25.3. The van der Waals surface area contributed by atoms with Crippen molar-refractivity contribution in [3.8, 4) is 11.3 Å². The zero-order valence-corrected chi connectivity index (χ0v) is 14.2. The van der Waals surface area contributed by atoms with E-state index in [-0.39, 0.29) is 5.75 Å². The van der Waals surface area contributed by atoms with E-state index in [1.165, 1.54) is 0 Å². The first-order valence-electron chi connectivity index (χ1n) is 6.81. The van der Waals surface area contributed by atoms with E-state index in [0.717, 1.165) is 16.4 Å². The number of thiophene rings is 1. The molecule has 0 unspecified atom stereocenters. The summed E-state index contributed by atoms with van der Waals surface area (Å²) in [4.78, 5) is 6.84. The third kappa shape index (κ3) is 3.13. The Morgan fingerprint density at radius 3 is 2.62 bits per heavy atom. The predicted octanol–water partition coefficient (Wildman–Crippen LogP) is 2.34. The maximum absolute atomic E-state index is 11.9. The van der Waals surface area contributed by atoms with Crippen molar-refractivity contribution in [1.29, 1.82) is 0 Å². The summed E-state index contributed by atoms with van der Waals surface area (Å²) in [6, 6.07) is 2.06. The van der Waals surface area contributed by atoms with Crippen LogP contribution in [0.15, 0.2) is 22.2 Å². The summed E-state index contributed by atoms with van der Waals surface area (Å²) in [5.41, 5.74) is 2.15. The highest BCUT2D eigenvalue weighted by molar-refractivity contribution is 7.89. The zero-order valence-electron chi connectivity index (χ0n) is 11.7.